The molecule has 0 unspecified atom stereocenters. The topological polar surface area (TPSA) is 92.3 Å². The molecule has 0 aromatic heterocycles. The maximum Gasteiger partial charge on any atom is 0.460 e. The Morgan fingerprint density at radius 3 is 1.65 bits per heavy atom. The number of hydrogen-bond acceptors (Lipinski definition) is 7. The lowest BCUT2D eigenvalue weighted by molar-refractivity contribution is -0.461. The molecule has 0 radical (unpaired) electrons. The summed E-state index contributed by atoms with van der Waals surface area (Å²) < 4.78 is 263. The van der Waals surface area contributed by atoms with Gasteiger partial charge in [-0.3, -0.25) is 5.32 Å². The van der Waals surface area contributed by atoms with E-state index < -0.39 is 111 Å². The number of allylic oxidation sites excluding steroid dienone is 3. The van der Waals surface area contributed by atoms with Crippen LogP contribution in [-0.2, 0) is 18.7 Å². The number of benzene rings is 2. The molecule has 392 valence electrons. The maximum absolute atomic E-state index is 15.0. The molecule has 0 fully saturated rings. The SMILES string of the molecule is CCOC(=O)/C=C(C)/C=C/CC[C@@H](OC(=O)Nc1ccc(OC)cc1)c1ccc(OCCO[Si](CCC(F)(F)C(F)(F)C(F)(F)C(F)(F)C(F)(F)C(F)(F)C(F)(F)C(F)(F)F)(C(C)C)C(C)C)cc1. The lowest BCUT2D eigenvalue weighted by Gasteiger charge is -2.44. The zero-order valence-corrected chi connectivity index (χ0v) is 38.8. The van der Waals surface area contributed by atoms with Gasteiger partial charge in [0.15, 0.2) is 8.32 Å². The van der Waals surface area contributed by atoms with E-state index in [0.29, 0.717) is 29.0 Å². The highest BCUT2D eigenvalue weighted by Crippen LogP contribution is 2.64. The Morgan fingerprint density at radius 1 is 0.681 bits per heavy atom. The molecule has 1 N–H and O–H groups in total. The first-order chi connectivity index (χ1) is 31.4. The first kappa shape index (κ1) is 60.4. The Kier molecular flexibility index (Phi) is 20.1. The number of carbonyl (C=O) groups is 2. The van der Waals surface area contributed by atoms with E-state index in [2.05, 4.69) is 5.32 Å². The van der Waals surface area contributed by atoms with Gasteiger partial charge in [0.1, 0.15) is 24.2 Å². The molecule has 2 aromatic rings. The van der Waals surface area contributed by atoms with Gasteiger partial charge in [-0.15, -0.1) is 0 Å². The molecule has 0 aliphatic heterocycles. The summed E-state index contributed by atoms with van der Waals surface area (Å²) in [6.45, 7) is 7.83. The van der Waals surface area contributed by atoms with Gasteiger partial charge in [-0.2, -0.15) is 74.6 Å². The summed E-state index contributed by atoms with van der Waals surface area (Å²) in [4.78, 5) is 24.7. The van der Waals surface area contributed by atoms with Crippen molar-refractivity contribution < 1.29 is 108 Å². The Hall–Kier alpha value is -4.75. The smallest absolute Gasteiger partial charge is 0.460 e. The van der Waals surface area contributed by atoms with Crippen LogP contribution in [0.25, 0.3) is 0 Å². The third-order valence-corrected chi connectivity index (χ3v) is 16.4. The number of methoxy groups -OCH3 is 1. The summed E-state index contributed by atoms with van der Waals surface area (Å²) in [7, 11) is -2.56. The van der Waals surface area contributed by atoms with Gasteiger partial charge >= 0.3 is 59.7 Å². The normalized spacial score (nSPS) is 14.6. The number of alkyl halides is 17. The largest absolute Gasteiger partial charge is 0.497 e. The van der Waals surface area contributed by atoms with Crippen molar-refractivity contribution in [2.45, 2.75) is 132 Å². The molecule has 1 atom stereocenters. The van der Waals surface area contributed by atoms with Crippen molar-refractivity contribution in [2.24, 2.45) is 0 Å². The van der Waals surface area contributed by atoms with Crippen LogP contribution < -0.4 is 14.8 Å². The first-order valence-electron chi connectivity index (χ1n) is 20.6. The fraction of sp³-hybridized carbons (Fsp3) is 0.581. The van der Waals surface area contributed by atoms with Gasteiger partial charge in [0.05, 0.1) is 20.3 Å². The van der Waals surface area contributed by atoms with Crippen molar-refractivity contribution in [2.75, 3.05) is 32.2 Å². The number of anilines is 1. The van der Waals surface area contributed by atoms with E-state index in [0.717, 1.165) is 0 Å². The molecule has 2 rings (SSSR count). The molecular weight excluding hydrogens is 994 g/mol. The molecule has 8 nitrogen and oxygen atoms in total. The van der Waals surface area contributed by atoms with Gasteiger partial charge in [0.2, 0.25) is 0 Å². The third kappa shape index (κ3) is 13.4. The molecule has 26 heteroatoms. The minimum atomic E-state index is -8.70. The van der Waals surface area contributed by atoms with Crippen molar-refractivity contribution in [3.8, 4) is 11.5 Å². The minimum absolute atomic E-state index is 0.134. The highest BCUT2D eigenvalue weighted by Gasteiger charge is 2.95. The fourth-order valence-corrected chi connectivity index (χ4v) is 11.2. The van der Waals surface area contributed by atoms with Crippen molar-refractivity contribution in [3.05, 3.63) is 77.9 Å². The van der Waals surface area contributed by atoms with Crippen LogP contribution in [0, 0.1) is 0 Å². The average Bonchev–Trinajstić information content (AvgIpc) is 3.24. The predicted molar refractivity (Wildman–Crippen MR) is 219 cm³/mol. The van der Waals surface area contributed by atoms with Gasteiger partial charge in [0.25, 0.3) is 0 Å². The van der Waals surface area contributed by atoms with Gasteiger partial charge in [-0.25, -0.2) is 9.59 Å². The minimum Gasteiger partial charge on any atom is -0.497 e. The quantitative estimate of drug-likeness (QED) is 0.0251. The second-order valence-corrected chi connectivity index (χ2v) is 21.1. The second kappa shape index (κ2) is 23.0. The van der Waals surface area contributed by atoms with E-state index in [4.69, 9.17) is 23.4 Å². The predicted octanol–water partition coefficient (Wildman–Crippen LogP) is 14.4. The summed E-state index contributed by atoms with van der Waals surface area (Å²) in [5.74, 6) is -56.7. The molecule has 2 aromatic carbocycles. The van der Waals surface area contributed by atoms with E-state index >= 15 is 8.78 Å². The molecule has 0 aliphatic carbocycles. The van der Waals surface area contributed by atoms with Crippen molar-refractivity contribution in [3.63, 3.8) is 0 Å². The van der Waals surface area contributed by atoms with Crippen molar-refractivity contribution >= 4 is 26.1 Å². The number of carbonyl (C=O) groups excluding carboxylic acids is 2. The Bertz CT molecular complexity index is 2040. The summed E-state index contributed by atoms with van der Waals surface area (Å²) >= 11 is 0. The number of halogens is 17. The summed E-state index contributed by atoms with van der Waals surface area (Å²) in [6.07, 6.45) is -6.90. The number of nitrogens with one attached hydrogen (secondary N) is 1. The Labute approximate surface area is 386 Å². The van der Waals surface area contributed by atoms with Crippen molar-refractivity contribution in [1.82, 2.24) is 0 Å². The van der Waals surface area contributed by atoms with Gasteiger partial charge in [-0.1, -0.05) is 52.0 Å². The zero-order chi connectivity index (χ0) is 53.2. The van der Waals surface area contributed by atoms with Crippen molar-refractivity contribution in [1.29, 1.82) is 0 Å². The molecule has 0 heterocycles. The van der Waals surface area contributed by atoms with E-state index in [1.807, 2.05) is 0 Å². The highest BCUT2D eigenvalue weighted by atomic mass is 28.4. The fourth-order valence-electron chi connectivity index (χ4n) is 6.70. The molecule has 1 amide bonds. The first-order valence-corrected chi connectivity index (χ1v) is 22.9. The zero-order valence-electron chi connectivity index (χ0n) is 37.8. The van der Waals surface area contributed by atoms with Gasteiger partial charge in [0, 0.05) is 18.2 Å². The number of amides is 1. The molecule has 0 bridgehead atoms. The lowest BCUT2D eigenvalue weighted by Crippen LogP contribution is -2.74. The van der Waals surface area contributed by atoms with Gasteiger partial charge < -0.3 is 23.4 Å². The molecule has 0 saturated carbocycles. The molecule has 0 spiro atoms. The number of hydrogen-bond donors (Lipinski definition) is 1. The number of ether oxygens (including phenoxy) is 4. The Balaban J connectivity index is 2.28. The third-order valence-electron chi connectivity index (χ3n) is 10.7. The summed E-state index contributed by atoms with van der Waals surface area (Å²) in [5, 5.41) is 2.59. The Morgan fingerprint density at radius 2 is 1.17 bits per heavy atom. The van der Waals surface area contributed by atoms with Crippen LogP contribution in [0.4, 0.5) is 85.1 Å². The van der Waals surface area contributed by atoms with E-state index in [-0.39, 0.29) is 18.8 Å². The van der Waals surface area contributed by atoms with Crippen LogP contribution in [0.15, 0.2) is 72.3 Å². The van der Waals surface area contributed by atoms with Crippen LogP contribution >= 0.6 is 0 Å². The molecule has 69 heavy (non-hydrogen) atoms. The van der Waals surface area contributed by atoms with Crippen LogP contribution in [0.5, 0.6) is 11.5 Å². The van der Waals surface area contributed by atoms with E-state index in [1.165, 1.54) is 65.1 Å². The molecule has 0 saturated heterocycles. The maximum atomic E-state index is 15.0. The summed E-state index contributed by atoms with van der Waals surface area (Å²) in [5.41, 5.74) is -0.366. The number of rotatable bonds is 26. The van der Waals surface area contributed by atoms with Crippen LogP contribution in [-0.4, -0.2) is 94.9 Å². The van der Waals surface area contributed by atoms with E-state index in [9.17, 15) is 75.4 Å². The lowest BCUT2D eigenvalue weighted by atomic mass is 9.88. The summed E-state index contributed by atoms with van der Waals surface area (Å²) in [6, 6.07) is 10.9. The van der Waals surface area contributed by atoms with E-state index in [1.54, 1.807) is 50.3 Å². The van der Waals surface area contributed by atoms with Crippen LogP contribution in [0.2, 0.25) is 17.1 Å². The van der Waals surface area contributed by atoms with Gasteiger partial charge in [-0.05, 0) is 91.4 Å². The molecule has 0 aliphatic rings. The number of esters is 1. The van der Waals surface area contributed by atoms with Crippen LogP contribution in [0.1, 0.15) is 72.5 Å². The molecular formula is C43H50F17NO7Si. The second-order valence-electron chi connectivity index (χ2n) is 16.0. The monoisotopic (exact) mass is 1040 g/mol. The highest BCUT2D eigenvalue weighted by molar-refractivity contribution is 6.76. The average molecular weight is 1040 g/mol. The van der Waals surface area contributed by atoms with Crippen LogP contribution in [0.3, 0.4) is 0 Å². The standard InChI is InChI=1S/C43H50F17NO7Si/c1-8-65-34(62)25-28(6)11-9-10-12-33(68-35(63)61-30-15-19-31(64-7)20-16-30)29-13-17-32(18-14-29)66-22-23-67-69(26(2)3,27(4)5)24-21-36(44,45)37(46,47)38(48,49)39(50,51)40(52,53)41(54,55)42(56,57)43(58,59)60/h9,11,13-20,25-27,33H,8,10,12,21-24H2,1-7H3,(H,61,63)/b11-9+,28-25+/t33-/m1/s1.